The number of anilines is 1. The largest absolute Gasteiger partial charge is 0.323 e. The first-order valence-electron chi connectivity index (χ1n) is 8.61. The van der Waals surface area contributed by atoms with Gasteiger partial charge in [-0.2, -0.15) is 0 Å². The first-order chi connectivity index (χ1) is 12.6. The molecular formula is C19H18FN3OS2. The number of thiophene rings is 1. The lowest BCUT2D eigenvalue weighted by molar-refractivity contribution is -0.115. The van der Waals surface area contributed by atoms with Gasteiger partial charge in [0.2, 0.25) is 5.91 Å². The van der Waals surface area contributed by atoms with Crippen molar-refractivity contribution >= 4 is 44.9 Å². The second kappa shape index (κ2) is 7.32. The van der Waals surface area contributed by atoms with Crippen LogP contribution in [0.15, 0.2) is 35.6 Å². The number of halogens is 1. The average molecular weight is 388 g/mol. The molecular weight excluding hydrogens is 369 g/mol. The van der Waals surface area contributed by atoms with Crippen molar-refractivity contribution in [2.75, 3.05) is 5.32 Å². The number of nitrogens with one attached hydrogen (secondary N) is 1. The molecule has 0 radical (unpaired) electrons. The van der Waals surface area contributed by atoms with Crippen molar-refractivity contribution in [3.63, 3.8) is 0 Å². The SMILES string of the molecule is C[C@@H](Sc1ncnc2sc3c(c12)CCCC3)C(=O)Nc1ccccc1F. The smallest absolute Gasteiger partial charge is 0.237 e. The van der Waals surface area contributed by atoms with E-state index in [9.17, 15) is 9.18 Å². The van der Waals surface area contributed by atoms with E-state index in [1.165, 1.54) is 41.1 Å². The third-order valence-corrected chi connectivity index (χ3v) is 6.81. The van der Waals surface area contributed by atoms with Crippen molar-refractivity contribution in [3.8, 4) is 0 Å². The van der Waals surface area contributed by atoms with Gasteiger partial charge in [-0.05, 0) is 50.3 Å². The molecule has 1 aliphatic carbocycles. The molecule has 1 aromatic carbocycles. The summed E-state index contributed by atoms with van der Waals surface area (Å²) in [7, 11) is 0. The number of hydrogen-bond donors (Lipinski definition) is 1. The Hall–Kier alpha value is -1.99. The molecule has 0 aliphatic heterocycles. The highest BCUT2D eigenvalue weighted by Crippen LogP contribution is 2.40. The molecule has 0 saturated heterocycles. The van der Waals surface area contributed by atoms with Crippen LogP contribution < -0.4 is 5.32 Å². The van der Waals surface area contributed by atoms with Crippen LogP contribution in [0.4, 0.5) is 10.1 Å². The number of para-hydroxylation sites is 1. The zero-order valence-electron chi connectivity index (χ0n) is 14.3. The number of carbonyl (C=O) groups excluding carboxylic acids is 1. The number of carbonyl (C=O) groups is 1. The zero-order chi connectivity index (χ0) is 18.1. The fourth-order valence-corrected chi connectivity index (χ4v) is 5.41. The number of fused-ring (bicyclic) bond motifs is 3. The maximum atomic E-state index is 13.8. The monoisotopic (exact) mass is 387 g/mol. The lowest BCUT2D eigenvalue weighted by Crippen LogP contribution is -2.23. The molecule has 1 atom stereocenters. The number of amides is 1. The van der Waals surface area contributed by atoms with E-state index in [0.29, 0.717) is 0 Å². The van der Waals surface area contributed by atoms with Crippen LogP contribution in [0.3, 0.4) is 0 Å². The third-order valence-electron chi connectivity index (χ3n) is 4.51. The molecule has 4 nitrogen and oxygen atoms in total. The Bertz CT molecular complexity index is 973. The van der Waals surface area contributed by atoms with E-state index in [1.54, 1.807) is 35.9 Å². The molecule has 0 bridgehead atoms. The molecule has 1 aliphatic rings. The minimum absolute atomic E-state index is 0.200. The second-order valence-electron chi connectivity index (χ2n) is 6.30. The van der Waals surface area contributed by atoms with E-state index < -0.39 is 11.1 Å². The molecule has 0 unspecified atom stereocenters. The van der Waals surface area contributed by atoms with Crippen molar-refractivity contribution < 1.29 is 9.18 Å². The van der Waals surface area contributed by atoms with Gasteiger partial charge in [-0.1, -0.05) is 23.9 Å². The first-order valence-corrected chi connectivity index (χ1v) is 10.3. The summed E-state index contributed by atoms with van der Waals surface area (Å²) < 4.78 is 13.8. The topological polar surface area (TPSA) is 54.9 Å². The van der Waals surface area contributed by atoms with Crippen LogP contribution in [0.2, 0.25) is 0 Å². The van der Waals surface area contributed by atoms with Gasteiger partial charge in [-0.15, -0.1) is 11.3 Å². The van der Waals surface area contributed by atoms with Gasteiger partial charge < -0.3 is 5.32 Å². The number of hydrogen-bond acceptors (Lipinski definition) is 5. The van der Waals surface area contributed by atoms with Crippen molar-refractivity contribution in [2.24, 2.45) is 0 Å². The van der Waals surface area contributed by atoms with E-state index in [-0.39, 0.29) is 11.6 Å². The summed E-state index contributed by atoms with van der Waals surface area (Å²) in [4.78, 5) is 23.8. The molecule has 0 fully saturated rings. The Labute approximate surface area is 159 Å². The van der Waals surface area contributed by atoms with Crippen LogP contribution in [0.5, 0.6) is 0 Å². The number of thioether (sulfide) groups is 1. The summed E-state index contributed by atoms with van der Waals surface area (Å²) in [6, 6.07) is 6.18. The molecule has 3 aromatic rings. The summed E-state index contributed by atoms with van der Waals surface area (Å²) in [5.74, 6) is -0.676. The lowest BCUT2D eigenvalue weighted by atomic mass is 9.97. The summed E-state index contributed by atoms with van der Waals surface area (Å²) in [5, 5.41) is 4.20. The Morgan fingerprint density at radius 2 is 2.08 bits per heavy atom. The van der Waals surface area contributed by atoms with Gasteiger partial charge in [0.1, 0.15) is 22.0 Å². The number of rotatable bonds is 4. The van der Waals surface area contributed by atoms with Gasteiger partial charge in [-0.25, -0.2) is 14.4 Å². The van der Waals surface area contributed by atoms with Crippen molar-refractivity contribution in [2.45, 2.75) is 42.9 Å². The predicted octanol–water partition coefficient (Wildman–Crippen LogP) is 4.83. The second-order valence-corrected chi connectivity index (χ2v) is 8.71. The third kappa shape index (κ3) is 3.33. The highest BCUT2D eigenvalue weighted by Gasteiger charge is 2.23. The van der Waals surface area contributed by atoms with Crippen LogP contribution in [0.1, 0.15) is 30.2 Å². The molecule has 26 heavy (non-hydrogen) atoms. The van der Waals surface area contributed by atoms with E-state index in [4.69, 9.17) is 0 Å². The summed E-state index contributed by atoms with van der Waals surface area (Å²) in [6.07, 6.45) is 6.11. The molecule has 4 rings (SSSR count). The molecule has 0 saturated carbocycles. The van der Waals surface area contributed by atoms with Crippen LogP contribution in [-0.4, -0.2) is 21.1 Å². The minimum Gasteiger partial charge on any atom is -0.323 e. The van der Waals surface area contributed by atoms with Crippen LogP contribution in [0, 0.1) is 5.82 Å². The normalized spacial score (nSPS) is 14.8. The van der Waals surface area contributed by atoms with Crippen LogP contribution >= 0.6 is 23.1 Å². The maximum Gasteiger partial charge on any atom is 0.237 e. The zero-order valence-corrected chi connectivity index (χ0v) is 15.9. The van der Waals surface area contributed by atoms with E-state index in [1.807, 2.05) is 6.92 Å². The van der Waals surface area contributed by atoms with Crippen LogP contribution in [-0.2, 0) is 17.6 Å². The summed E-state index contributed by atoms with van der Waals surface area (Å²) >= 11 is 3.14. The van der Waals surface area contributed by atoms with E-state index >= 15 is 0 Å². The van der Waals surface area contributed by atoms with Gasteiger partial charge in [0.25, 0.3) is 0 Å². The Morgan fingerprint density at radius 3 is 2.92 bits per heavy atom. The fourth-order valence-electron chi connectivity index (χ4n) is 3.17. The molecule has 1 amide bonds. The van der Waals surface area contributed by atoms with Crippen molar-refractivity contribution in [3.05, 3.63) is 46.9 Å². The van der Waals surface area contributed by atoms with E-state index in [2.05, 4.69) is 15.3 Å². The molecule has 0 spiro atoms. The van der Waals surface area contributed by atoms with Gasteiger partial charge in [0, 0.05) is 10.3 Å². The van der Waals surface area contributed by atoms with Gasteiger partial charge in [0.15, 0.2) is 0 Å². The number of aryl methyl sites for hydroxylation is 2. The molecule has 2 heterocycles. The molecule has 2 aromatic heterocycles. The quantitative estimate of drug-likeness (QED) is 0.515. The summed E-state index contributed by atoms with van der Waals surface area (Å²) in [5.41, 5.74) is 1.55. The Kier molecular flexibility index (Phi) is 4.91. The Balaban J connectivity index is 1.58. The number of benzene rings is 1. The molecule has 134 valence electrons. The van der Waals surface area contributed by atoms with Gasteiger partial charge >= 0.3 is 0 Å². The van der Waals surface area contributed by atoms with Gasteiger partial charge in [-0.3, -0.25) is 4.79 Å². The lowest BCUT2D eigenvalue weighted by Gasteiger charge is -2.14. The first kappa shape index (κ1) is 17.4. The molecule has 1 N–H and O–H groups in total. The van der Waals surface area contributed by atoms with Crippen molar-refractivity contribution in [1.29, 1.82) is 0 Å². The fraction of sp³-hybridized carbons (Fsp3) is 0.316. The number of aromatic nitrogens is 2. The maximum absolute atomic E-state index is 13.8. The summed E-state index contributed by atoms with van der Waals surface area (Å²) in [6.45, 7) is 1.81. The number of nitrogens with zero attached hydrogens (tertiary/aromatic N) is 2. The minimum atomic E-state index is -0.436. The predicted molar refractivity (Wildman–Crippen MR) is 104 cm³/mol. The van der Waals surface area contributed by atoms with Gasteiger partial charge in [0.05, 0.1) is 10.9 Å². The van der Waals surface area contributed by atoms with Crippen LogP contribution in [0.25, 0.3) is 10.2 Å². The average Bonchev–Trinajstić information content (AvgIpc) is 3.03. The highest BCUT2D eigenvalue weighted by molar-refractivity contribution is 8.00. The van der Waals surface area contributed by atoms with E-state index in [0.717, 1.165) is 28.1 Å². The Morgan fingerprint density at radius 1 is 1.27 bits per heavy atom. The molecule has 7 heteroatoms. The highest BCUT2D eigenvalue weighted by atomic mass is 32.2. The van der Waals surface area contributed by atoms with Crippen molar-refractivity contribution in [1.82, 2.24) is 9.97 Å². The standard InChI is InChI=1S/C19H18FN3OS2/c1-11(17(24)23-14-8-4-3-7-13(14)20)25-18-16-12-6-2-5-9-15(12)26-19(16)22-10-21-18/h3-4,7-8,10-11H,2,5-6,9H2,1H3,(H,23,24)/t11-/m1/s1.